The first-order valence-corrected chi connectivity index (χ1v) is 4.63. The van der Waals surface area contributed by atoms with Crippen LogP contribution in [0.3, 0.4) is 0 Å². The molecule has 3 nitrogen and oxygen atoms in total. The predicted molar refractivity (Wildman–Crippen MR) is 47.9 cm³/mol. The van der Waals surface area contributed by atoms with Crippen LogP contribution in [0.4, 0.5) is 0 Å². The van der Waals surface area contributed by atoms with Crippen LogP contribution in [0.2, 0.25) is 0 Å². The summed E-state index contributed by atoms with van der Waals surface area (Å²) in [5.41, 5.74) is 2.72. The normalized spacial score (nSPS) is 18.8. The fourth-order valence-corrected chi connectivity index (χ4v) is 1.76. The summed E-state index contributed by atoms with van der Waals surface area (Å²) >= 11 is 0. The third-order valence-electron chi connectivity index (χ3n) is 2.55. The molecule has 0 amide bonds. The minimum atomic E-state index is 1.07. The van der Waals surface area contributed by atoms with Crippen LogP contribution >= 0.6 is 0 Å². The average molecular weight is 165 g/mol. The summed E-state index contributed by atoms with van der Waals surface area (Å²) in [4.78, 5) is 2.46. The first-order valence-electron chi connectivity index (χ1n) is 4.63. The highest BCUT2D eigenvalue weighted by Gasteiger charge is 2.13. The van der Waals surface area contributed by atoms with Gasteiger partial charge in [-0.15, -0.1) is 0 Å². The topological polar surface area (TPSA) is 31.9 Å². The molecule has 2 heterocycles. The van der Waals surface area contributed by atoms with Crippen molar-refractivity contribution in [2.24, 2.45) is 0 Å². The van der Waals surface area contributed by atoms with Crippen LogP contribution in [0.25, 0.3) is 0 Å². The first-order chi connectivity index (χ1) is 5.90. The Morgan fingerprint density at radius 2 is 2.58 bits per heavy atom. The molecule has 1 aliphatic rings. The maximum Gasteiger partial charge on any atom is 0.0535 e. The van der Waals surface area contributed by atoms with Crippen molar-refractivity contribution in [3.63, 3.8) is 0 Å². The molecule has 0 unspecified atom stereocenters. The monoisotopic (exact) mass is 165 g/mol. The second-order valence-corrected chi connectivity index (χ2v) is 3.35. The SMILES string of the molecule is CCN1CCCc2[nH]ncc2C1. The van der Waals surface area contributed by atoms with Gasteiger partial charge in [0.2, 0.25) is 0 Å². The summed E-state index contributed by atoms with van der Waals surface area (Å²) in [5.74, 6) is 0. The number of fused-ring (bicyclic) bond motifs is 1. The lowest BCUT2D eigenvalue weighted by atomic mass is 10.2. The average Bonchev–Trinajstić information content (AvgIpc) is 2.43. The van der Waals surface area contributed by atoms with E-state index in [-0.39, 0.29) is 0 Å². The lowest BCUT2D eigenvalue weighted by Crippen LogP contribution is -2.22. The maximum atomic E-state index is 4.06. The number of hydrogen-bond acceptors (Lipinski definition) is 2. The second-order valence-electron chi connectivity index (χ2n) is 3.35. The highest BCUT2D eigenvalue weighted by atomic mass is 15.2. The summed E-state index contributed by atoms with van der Waals surface area (Å²) in [6.45, 7) is 5.65. The van der Waals surface area contributed by atoms with Crippen LogP contribution in [-0.4, -0.2) is 28.2 Å². The molecule has 12 heavy (non-hydrogen) atoms. The standard InChI is InChI=1S/C9H15N3/c1-2-12-5-3-4-9-8(7-12)6-10-11-9/h6H,2-5,7H2,1H3,(H,10,11). The summed E-state index contributed by atoms with van der Waals surface area (Å²) in [7, 11) is 0. The van der Waals surface area contributed by atoms with E-state index < -0.39 is 0 Å². The molecule has 0 radical (unpaired) electrons. The van der Waals surface area contributed by atoms with E-state index in [0.29, 0.717) is 0 Å². The Morgan fingerprint density at radius 3 is 3.42 bits per heavy atom. The van der Waals surface area contributed by atoms with E-state index in [1.54, 1.807) is 0 Å². The number of nitrogens with one attached hydrogen (secondary N) is 1. The maximum absolute atomic E-state index is 4.06. The van der Waals surface area contributed by atoms with Crippen molar-refractivity contribution in [3.05, 3.63) is 17.5 Å². The van der Waals surface area contributed by atoms with E-state index in [4.69, 9.17) is 0 Å². The highest BCUT2D eigenvalue weighted by Crippen LogP contribution is 2.15. The van der Waals surface area contributed by atoms with Crippen molar-refractivity contribution in [3.8, 4) is 0 Å². The Hall–Kier alpha value is -0.830. The molecule has 0 aliphatic carbocycles. The van der Waals surface area contributed by atoms with Gasteiger partial charge in [-0.3, -0.25) is 10.00 Å². The number of nitrogens with zero attached hydrogens (tertiary/aromatic N) is 2. The second kappa shape index (κ2) is 3.27. The zero-order valence-electron chi connectivity index (χ0n) is 7.51. The molecule has 0 bridgehead atoms. The van der Waals surface area contributed by atoms with E-state index >= 15 is 0 Å². The Kier molecular flexibility index (Phi) is 2.13. The summed E-state index contributed by atoms with van der Waals surface area (Å²) in [6, 6.07) is 0. The minimum Gasteiger partial charge on any atom is -0.299 e. The molecule has 3 heteroatoms. The van der Waals surface area contributed by atoms with Crippen molar-refractivity contribution in [1.82, 2.24) is 15.1 Å². The molecule has 0 saturated carbocycles. The highest BCUT2D eigenvalue weighted by molar-refractivity contribution is 5.17. The third-order valence-corrected chi connectivity index (χ3v) is 2.55. The van der Waals surface area contributed by atoms with Gasteiger partial charge >= 0.3 is 0 Å². The van der Waals surface area contributed by atoms with Gasteiger partial charge in [0, 0.05) is 17.8 Å². The summed E-state index contributed by atoms with van der Waals surface area (Å²) < 4.78 is 0. The molecular formula is C9H15N3. The van der Waals surface area contributed by atoms with Gasteiger partial charge in [0.15, 0.2) is 0 Å². The van der Waals surface area contributed by atoms with Crippen molar-refractivity contribution < 1.29 is 0 Å². The molecule has 1 aromatic heterocycles. The van der Waals surface area contributed by atoms with Crippen molar-refractivity contribution in [2.45, 2.75) is 26.3 Å². The van der Waals surface area contributed by atoms with Crippen LogP contribution in [0.5, 0.6) is 0 Å². The molecule has 1 N–H and O–H groups in total. The van der Waals surface area contributed by atoms with Crippen molar-refractivity contribution in [1.29, 1.82) is 0 Å². The fraction of sp³-hybridized carbons (Fsp3) is 0.667. The number of aromatic amines is 1. The van der Waals surface area contributed by atoms with Gasteiger partial charge in [-0.25, -0.2) is 0 Å². The molecular weight excluding hydrogens is 150 g/mol. The molecule has 0 saturated heterocycles. The van der Waals surface area contributed by atoms with Gasteiger partial charge in [0.1, 0.15) is 0 Å². The van der Waals surface area contributed by atoms with Crippen molar-refractivity contribution >= 4 is 0 Å². The summed E-state index contributed by atoms with van der Waals surface area (Å²) in [5, 5.41) is 7.13. The van der Waals surface area contributed by atoms with E-state index in [2.05, 4.69) is 22.0 Å². The molecule has 0 fully saturated rings. The van der Waals surface area contributed by atoms with E-state index in [0.717, 1.165) is 19.5 Å². The molecule has 66 valence electrons. The van der Waals surface area contributed by atoms with Crippen LogP contribution in [-0.2, 0) is 13.0 Å². The number of aryl methyl sites for hydroxylation is 1. The Balaban J connectivity index is 2.18. The van der Waals surface area contributed by atoms with Gasteiger partial charge < -0.3 is 0 Å². The van der Waals surface area contributed by atoms with E-state index in [1.807, 2.05) is 6.20 Å². The lowest BCUT2D eigenvalue weighted by molar-refractivity contribution is 0.284. The number of hydrogen-bond donors (Lipinski definition) is 1. The van der Waals surface area contributed by atoms with Gasteiger partial charge in [-0.2, -0.15) is 5.10 Å². The van der Waals surface area contributed by atoms with Crippen LogP contribution in [0.1, 0.15) is 24.6 Å². The van der Waals surface area contributed by atoms with Crippen molar-refractivity contribution in [2.75, 3.05) is 13.1 Å². The summed E-state index contributed by atoms with van der Waals surface area (Å²) in [6.07, 6.45) is 4.37. The Bertz CT molecular complexity index is 254. The van der Waals surface area contributed by atoms with Gasteiger partial charge in [0.05, 0.1) is 6.20 Å². The number of rotatable bonds is 1. The molecule has 1 aliphatic heterocycles. The number of H-pyrrole nitrogens is 1. The van der Waals surface area contributed by atoms with Gasteiger partial charge in [0.25, 0.3) is 0 Å². The van der Waals surface area contributed by atoms with Gasteiger partial charge in [-0.05, 0) is 25.9 Å². The van der Waals surface area contributed by atoms with E-state index in [9.17, 15) is 0 Å². The molecule has 2 rings (SSSR count). The fourth-order valence-electron chi connectivity index (χ4n) is 1.76. The molecule has 0 spiro atoms. The first kappa shape index (κ1) is 7.80. The van der Waals surface area contributed by atoms with Crippen LogP contribution < -0.4 is 0 Å². The van der Waals surface area contributed by atoms with Crippen LogP contribution in [0.15, 0.2) is 6.20 Å². The molecule has 0 atom stereocenters. The number of aromatic nitrogens is 2. The largest absolute Gasteiger partial charge is 0.299 e. The Labute approximate surface area is 72.8 Å². The predicted octanol–water partition coefficient (Wildman–Crippen LogP) is 1.18. The smallest absolute Gasteiger partial charge is 0.0535 e. The lowest BCUT2D eigenvalue weighted by Gasteiger charge is -2.16. The third kappa shape index (κ3) is 1.37. The zero-order chi connectivity index (χ0) is 8.39. The minimum absolute atomic E-state index is 1.07. The molecule has 0 aromatic carbocycles. The Morgan fingerprint density at radius 1 is 1.67 bits per heavy atom. The van der Waals surface area contributed by atoms with E-state index in [1.165, 1.54) is 24.2 Å². The quantitative estimate of drug-likeness (QED) is 0.677. The van der Waals surface area contributed by atoms with Gasteiger partial charge in [-0.1, -0.05) is 6.92 Å². The van der Waals surface area contributed by atoms with Crippen LogP contribution in [0, 0.1) is 0 Å². The zero-order valence-corrected chi connectivity index (χ0v) is 7.51. The molecule has 1 aromatic rings.